The third kappa shape index (κ3) is 11.3. The third-order valence-electron chi connectivity index (χ3n) is 3.72. The van der Waals surface area contributed by atoms with Crippen LogP contribution < -0.4 is 25.8 Å². The Labute approximate surface area is 189 Å². The molecule has 2 aromatic rings. The molecule has 13 heteroatoms. The summed E-state index contributed by atoms with van der Waals surface area (Å²) >= 11 is 0. The molecule has 0 aliphatic heterocycles. The number of alkyl halides is 3. The highest BCUT2D eigenvalue weighted by Gasteiger charge is 2.30. The number of nitrogens with one attached hydrogen (secondary N) is 2. The number of halogens is 3. The third-order valence-corrected chi connectivity index (χ3v) is 3.72. The van der Waals surface area contributed by atoms with E-state index in [1.165, 1.54) is 24.3 Å². The Morgan fingerprint density at radius 3 is 2.24 bits per heavy atom. The Hall–Kier alpha value is -3.16. The highest BCUT2D eigenvalue weighted by Crippen LogP contribution is 2.23. The van der Waals surface area contributed by atoms with E-state index < -0.39 is 6.36 Å². The molecule has 1 aromatic carbocycles. The maximum absolute atomic E-state index is 12.3. The number of aromatic nitrogens is 3. The second-order valence-electron chi connectivity index (χ2n) is 6.35. The number of hydrogen-bond acceptors (Lipinski definition) is 10. The van der Waals surface area contributed by atoms with E-state index in [1.807, 2.05) is 0 Å². The molecular formula is C20H27F3N6O4. The van der Waals surface area contributed by atoms with Crippen LogP contribution in [0.1, 0.15) is 5.56 Å². The lowest BCUT2D eigenvalue weighted by molar-refractivity contribution is -0.274. The van der Waals surface area contributed by atoms with Gasteiger partial charge in [0.25, 0.3) is 0 Å². The van der Waals surface area contributed by atoms with Crippen molar-refractivity contribution in [3.63, 3.8) is 0 Å². The minimum absolute atomic E-state index is 0.0833. The highest BCUT2D eigenvalue weighted by atomic mass is 19.4. The average Bonchev–Trinajstić information content (AvgIpc) is 2.78. The van der Waals surface area contributed by atoms with Crippen LogP contribution in [-0.2, 0) is 16.0 Å². The van der Waals surface area contributed by atoms with Crippen LogP contribution in [0.3, 0.4) is 0 Å². The summed E-state index contributed by atoms with van der Waals surface area (Å²) in [5, 5.41) is 6.00. The van der Waals surface area contributed by atoms with Crippen molar-refractivity contribution >= 4 is 11.9 Å². The normalized spacial score (nSPS) is 11.2. The zero-order valence-corrected chi connectivity index (χ0v) is 17.9. The minimum Gasteiger partial charge on any atom is -0.459 e. The van der Waals surface area contributed by atoms with Crippen molar-refractivity contribution in [1.29, 1.82) is 0 Å². The summed E-state index contributed by atoms with van der Waals surface area (Å²) in [6.45, 7) is 6.71. The lowest BCUT2D eigenvalue weighted by Crippen LogP contribution is -2.17. The lowest BCUT2D eigenvalue weighted by atomic mass is 10.2. The van der Waals surface area contributed by atoms with Gasteiger partial charge in [-0.1, -0.05) is 24.8 Å². The van der Waals surface area contributed by atoms with Crippen molar-refractivity contribution in [2.75, 3.05) is 56.8 Å². The topological polar surface area (TPSA) is 126 Å². The van der Waals surface area contributed by atoms with Gasteiger partial charge in [-0.05, 0) is 17.7 Å². The van der Waals surface area contributed by atoms with Crippen molar-refractivity contribution in [3.8, 4) is 11.8 Å². The highest BCUT2D eigenvalue weighted by molar-refractivity contribution is 5.37. The summed E-state index contributed by atoms with van der Waals surface area (Å²) in [6, 6.07) is 5.53. The molecule has 0 saturated carbocycles. The molecule has 0 spiro atoms. The second kappa shape index (κ2) is 14.1. The number of ether oxygens (including phenoxy) is 4. The van der Waals surface area contributed by atoms with Crippen LogP contribution >= 0.6 is 0 Å². The average molecular weight is 472 g/mol. The first-order valence-corrected chi connectivity index (χ1v) is 10.1. The number of hydrogen-bond donors (Lipinski definition) is 3. The fraction of sp³-hybridized carbons (Fsp3) is 0.450. The molecule has 0 bridgehead atoms. The summed E-state index contributed by atoms with van der Waals surface area (Å²) in [7, 11) is 0. The molecule has 4 N–H and O–H groups in total. The Bertz CT molecular complexity index is 840. The Balaban J connectivity index is 1.89. The van der Waals surface area contributed by atoms with Crippen molar-refractivity contribution < 1.29 is 32.1 Å². The quantitative estimate of drug-likeness (QED) is 0.248. The van der Waals surface area contributed by atoms with Gasteiger partial charge in [-0.2, -0.15) is 15.0 Å². The van der Waals surface area contributed by atoms with Crippen LogP contribution in [0, 0.1) is 0 Å². The fourth-order valence-corrected chi connectivity index (χ4v) is 2.34. The van der Waals surface area contributed by atoms with Gasteiger partial charge in [0.15, 0.2) is 0 Å². The van der Waals surface area contributed by atoms with E-state index in [4.69, 9.17) is 19.9 Å². The summed E-state index contributed by atoms with van der Waals surface area (Å²) in [6.07, 6.45) is -3.19. The maximum Gasteiger partial charge on any atom is 0.573 e. The van der Waals surface area contributed by atoms with Gasteiger partial charge >= 0.3 is 12.4 Å². The number of nitrogens with zero attached hydrogens (tertiary/aromatic N) is 3. The molecule has 182 valence electrons. The van der Waals surface area contributed by atoms with E-state index >= 15 is 0 Å². The molecule has 0 aliphatic carbocycles. The van der Waals surface area contributed by atoms with Gasteiger partial charge in [-0.15, -0.1) is 13.2 Å². The van der Waals surface area contributed by atoms with Gasteiger partial charge in [0, 0.05) is 19.6 Å². The van der Waals surface area contributed by atoms with Gasteiger partial charge in [-0.25, -0.2) is 0 Å². The molecule has 0 saturated heterocycles. The molecule has 0 amide bonds. The first-order chi connectivity index (χ1) is 15.9. The van der Waals surface area contributed by atoms with E-state index in [2.05, 4.69) is 36.9 Å². The summed E-state index contributed by atoms with van der Waals surface area (Å²) in [5.41, 5.74) is 6.03. The van der Waals surface area contributed by atoms with Crippen LogP contribution in [0.4, 0.5) is 25.1 Å². The smallest absolute Gasteiger partial charge is 0.459 e. The molecular weight excluding hydrogens is 445 g/mol. The number of rotatable bonds is 16. The van der Waals surface area contributed by atoms with Crippen molar-refractivity contribution in [3.05, 3.63) is 42.5 Å². The molecule has 0 fully saturated rings. The summed E-state index contributed by atoms with van der Waals surface area (Å²) in [4.78, 5) is 12.6. The standard InChI is InChI=1S/C20H27F3N6O4/c1-2-9-32-19-28-17(25-8-11-31-13-12-30-10-7-24)27-18(29-19)26-14-15-3-5-16(6-4-15)33-20(21,22)23/h2-6H,1,7-14,24H2,(H2,25,26,27,28,29). The van der Waals surface area contributed by atoms with E-state index in [0.29, 0.717) is 45.1 Å². The predicted octanol–water partition coefficient (Wildman–Crippen LogP) is 2.35. The monoisotopic (exact) mass is 472 g/mol. The Kier molecular flexibility index (Phi) is 11.1. The molecule has 0 aliphatic rings. The molecule has 1 heterocycles. The molecule has 10 nitrogen and oxygen atoms in total. The van der Waals surface area contributed by atoms with Crippen LogP contribution in [0.25, 0.3) is 0 Å². The number of benzene rings is 1. The molecule has 0 atom stereocenters. The largest absolute Gasteiger partial charge is 0.573 e. The molecule has 0 unspecified atom stereocenters. The van der Waals surface area contributed by atoms with Crippen molar-refractivity contribution in [1.82, 2.24) is 15.0 Å². The Morgan fingerprint density at radius 1 is 0.939 bits per heavy atom. The Morgan fingerprint density at radius 2 is 1.61 bits per heavy atom. The molecule has 1 aromatic heterocycles. The SMILES string of the molecule is C=CCOc1nc(NCCOCCOCCN)nc(NCc2ccc(OC(F)(F)F)cc2)n1. The first-order valence-electron chi connectivity index (χ1n) is 10.1. The van der Waals surface area contributed by atoms with Gasteiger partial charge in [0.05, 0.1) is 26.4 Å². The molecule has 2 rings (SSSR count). The van der Waals surface area contributed by atoms with E-state index in [0.717, 1.165) is 0 Å². The predicted molar refractivity (Wildman–Crippen MR) is 115 cm³/mol. The van der Waals surface area contributed by atoms with Crippen molar-refractivity contribution in [2.45, 2.75) is 12.9 Å². The van der Waals surface area contributed by atoms with Gasteiger partial charge in [0.2, 0.25) is 11.9 Å². The van der Waals surface area contributed by atoms with Gasteiger partial charge in [-0.3, -0.25) is 0 Å². The molecule has 0 radical (unpaired) electrons. The number of nitrogens with two attached hydrogens (primary N) is 1. The van der Waals surface area contributed by atoms with E-state index in [1.54, 1.807) is 6.08 Å². The first kappa shape index (κ1) is 26.1. The number of anilines is 2. The van der Waals surface area contributed by atoms with Gasteiger partial charge in [0.1, 0.15) is 12.4 Å². The van der Waals surface area contributed by atoms with Crippen LogP contribution in [0.2, 0.25) is 0 Å². The van der Waals surface area contributed by atoms with E-state index in [9.17, 15) is 13.2 Å². The van der Waals surface area contributed by atoms with Crippen LogP contribution in [0.5, 0.6) is 11.8 Å². The van der Waals surface area contributed by atoms with E-state index in [-0.39, 0.29) is 36.8 Å². The van der Waals surface area contributed by atoms with Crippen LogP contribution in [-0.4, -0.2) is 67.4 Å². The maximum atomic E-state index is 12.3. The zero-order valence-electron chi connectivity index (χ0n) is 17.9. The van der Waals surface area contributed by atoms with Crippen molar-refractivity contribution in [2.24, 2.45) is 5.73 Å². The second-order valence-corrected chi connectivity index (χ2v) is 6.35. The minimum atomic E-state index is -4.74. The zero-order chi connectivity index (χ0) is 23.9. The van der Waals surface area contributed by atoms with Gasteiger partial charge < -0.3 is 35.3 Å². The summed E-state index contributed by atoms with van der Waals surface area (Å²) < 4.78 is 56.7. The van der Waals surface area contributed by atoms with Crippen LogP contribution in [0.15, 0.2) is 36.9 Å². The molecule has 33 heavy (non-hydrogen) atoms. The lowest BCUT2D eigenvalue weighted by Gasteiger charge is -2.11. The fourth-order valence-electron chi connectivity index (χ4n) is 2.34. The summed E-state index contributed by atoms with van der Waals surface area (Å²) in [5.74, 6) is 0.188.